The van der Waals surface area contributed by atoms with Crippen molar-refractivity contribution in [2.75, 3.05) is 24.0 Å². The minimum Gasteiger partial charge on any atom is -1.00 e. The van der Waals surface area contributed by atoms with Gasteiger partial charge in [-0.25, -0.2) is 9.13 Å². The van der Waals surface area contributed by atoms with E-state index in [1.165, 1.54) is 0 Å². The maximum absolute atomic E-state index is 6.09. The van der Waals surface area contributed by atoms with Crippen LogP contribution in [0.25, 0.3) is 0 Å². The van der Waals surface area contributed by atoms with Crippen LogP contribution in [0.15, 0.2) is 55.1 Å². The van der Waals surface area contributed by atoms with Crippen molar-refractivity contribution in [1.82, 2.24) is 4.57 Å². The average molecular weight is 359 g/mol. The summed E-state index contributed by atoms with van der Waals surface area (Å²) in [5, 5.41) is 0. The molecular formula is C15H20Cl2N4O2. The van der Waals surface area contributed by atoms with Gasteiger partial charge < -0.3 is 32.5 Å². The van der Waals surface area contributed by atoms with E-state index in [1.807, 2.05) is 59.5 Å². The Morgan fingerprint density at radius 1 is 1.35 bits per heavy atom. The van der Waals surface area contributed by atoms with Gasteiger partial charge in [0.15, 0.2) is 0 Å². The Bertz CT molecular complexity index is 660. The second-order valence-electron chi connectivity index (χ2n) is 4.91. The van der Waals surface area contributed by atoms with Crippen LogP contribution in [0.4, 0.5) is 11.4 Å². The second-order valence-corrected chi connectivity index (χ2v) is 4.91. The zero-order chi connectivity index (χ0) is 14.7. The first kappa shape index (κ1) is 19.0. The van der Waals surface area contributed by atoms with Crippen molar-refractivity contribution in [3.05, 3.63) is 55.1 Å². The molecule has 1 aromatic heterocycles. The van der Waals surface area contributed by atoms with Gasteiger partial charge in [-0.05, 0) is 12.1 Å². The Labute approximate surface area is 147 Å². The minimum absolute atomic E-state index is 0. The van der Waals surface area contributed by atoms with Gasteiger partial charge in [0.2, 0.25) is 19.0 Å². The third-order valence-corrected chi connectivity index (χ3v) is 3.36. The lowest BCUT2D eigenvalue weighted by Crippen LogP contribution is -3.00. The van der Waals surface area contributed by atoms with Gasteiger partial charge in [-0.2, -0.15) is 0 Å². The Kier molecular flexibility index (Phi) is 7.06. The number of aryl methyl sites for hydroxylation is 1. The van der Waals surface area contributed by atoms with Gasteiger partial charge in [-0.3, -0.25) is 0 Å². The van der Waals surface area contributed by atoms with Gasteiger partial charge in [0.05, 0.1) is 25.0 Å². The monoisotopic (exact) mass is 358 g/mol. The molecule has 2 N–H and O–H groups in total. The fourth-order valence-electron chi connectivity index (χ4n) is 2.31. The number of halogens is 2. The SMILES string of the molecule is C[n+]1ccn(CCN(C2=COCO2)c2ccccc2N)c1.Cl.[Cl-]. The Balaban J connectivity index is 0.00000132. The number of para-hydroxylation sites is 2. The highest BCUT2D eigenvalue weighted by atomic mass is 35.5. The van der Waals surface area contributed by atoms with Gasteiger partial charge in [-0.15, -0.1) is 12.4 Å². The molecule has 1 aliphatic rings. The van der Waals surface area contributed by atoms with Crippen LogP contribution in [0.2, 0.25) is 0 Å². The number of hydrogen-bond donors (Lipinski definition) is 1. The highest BCUT2D eigenvalue weighted by Gasteiger charge is 2.20. The normalized spacial score (nSPS) is 12.3. The number of imidazole rings is 1. The number of aromatic nitrogens is 2. The number of nitrogens with two attached hydrogens (primary N) is 1. The maximum Gasteiger partial charge on any atom is 0.243 e. The number of nitrogen functional groups attached to an aromatic ring is 1. The molecule has 1 aliphatic heterocycles. The highest BCUT2D eigenvalue weighted by Crippen LogP contribution is 2.27. The standard InChI is InChI=1S/C15H19N4O2.2ClH/c1-17-6-7-18(11-17)8-9-19(15-10-20-12-21-15)14-5-3-2-4-13(14)16;;/h2-7,10-11H,8-9,12,16H2,1H3;2*1H/q+1;;/p-1. The first-order chi connectivity index (χ1) is 10.2. The molecule has 2 aromatic rings. The molecule has 126 valence electrons. The third-order valence-electron chi connectivity index (χ3n) is 3.36. The van der Waals surface area contributed by atoms with Crippen molar-refractivity contribution < 1.29 is 26.4 Å². The molecule has 6 nitrogen and oxygen atoms in total. The van der Waals surface area contributed by atoms with Gasteiger partial charge in [0.25, 0.3) is 0 Å². The van der Waals surface area contributed by atoms with E-state index in [1.54, 1.807) is 6.26 Å². The smallest absolute Gasteiger partial charge is 0.243 e. The number of hydrogen-bond acceptors (Lipinski definition) is 4. The number of anilines is 2. The molecule has 2 heterocycles. The van der Waals surface area contributed by atoms with Crippen LogP contribution in [0.1, 0.15) is 0 Å². The first-order valence-corrected chi connectivity index (χ1v) is 6.81. The highest BCUT2D eigenvalue weighted by molar-refractivity contribution is 5.85. The summed E-state index contributed by atoms with van der Waals surface area (Å²) >= 11 is 0. The Hall–Kier alpha value is -2.05. The molecular weight excluding hydrogens is 339 g/mol. The molecule has 0 amide bonds. The predicted octanol–water partition coefficient (Wildman–Crippen LogP) is -1.37. The van der Waals surface area contributed by atoms with Crippen molar-refractivity contribution in [3.8, 4) is 0 Å². The molecule has 0 unspecified atom stereocenters. The van der Waals surface area contributed by atoms with Gasteiger partial charge >= 0.3 is 0 Å². The van der Waals surface area contributed by atoms with E-state index in [4.69, 9.17) is 15.2 Å². The van der Waals surface area contributed by atoms with E-state index in [0.717, 1.165) is 18.8 Å². The van der Waals surface area contributed by atoms with E-state index in [9.17, 15) is 0 Å². The quantitative estimate of drug-likeness (QED) is 0.529. The largest absolute Gasteiger partial charge is 1.00 e. The van der Waals surface area contributed by atoms with E-state index in [-0.39, 0.29) is 31.6 Å². The molecule has 23 heavy (non-hydrogen) atoms. The Morgan fingerprint density at radius 2 is 2.13 bits per heavy atom. The summed E-state index contributed by atoms with van der Waals surface area (Å²) in [7, 11) is 2.00. The summed E-state index contributed by atoms with van der Waals surface area (Å²) in [4.78, 5) is 2.03. The third kappa shape index (κ3) is 4.46. The van der Waals surface area contributed by atoms with E-state index >= 15 is 0 Å². The summed E-state index contributed by atoms with van der Waals surface area (Å²) in [6.45, 7) is 1.80. The van der Waals surface area contributed by atoms with Gasteiger partial charge in [0, 0.05) is 0 Å². The molecule has 0 spiro atoms. The van der Waals surface area contributed by atoms with Gasteiger partial charge in [-0.1, -0.05) is 12.1 Å². The first-order valence-electron chi connectivity index (χ1n) is 6.81. The summed E-state index contributed by atoms with van der Waals surface area (Å²) in [6, 6.07) is 7.75. The van der Waals surface area contributed by atoms with Crippen LogP contribution in [0.5, 0.6) is 0 Å². The van der Waals surface area contributed by atoms with E-state index in [0.29, 0.717) is 11.6 Å². The molecule has 8 heteroatoms. The number of rotatable bonds is 5. The van der Waals surface area contributed by atoms with Crippen LogP contribution < -0.4 is 27.6 Å². The van der Waals surface area contributed by atoms with Crippen molar-refractivity contribution in [3.63, 3.8) is 0 Å². The molecule has 3 rings (SSSR count). The molecule has 0 atom stereocenters. The van der Waals surface area contributed by atoms with Crippen molar-refractivity contribution >= 4 is 23.8 Å². The summed E-state index contributed by atoms with van der Waals surface area (Å²) in [5.41, 5.74) is 7.72. The minimum atomic E-state index is 0. The van der Waals surface area contributed by atoms with Crippen LogP contribution in [-0.4, -0.2) is 17.9 Å². The lowest BCUT2D eigenvalue weighted by molar-refractivity contribution is -0.671. The molecule has 0 bridgehead atoms. The molecule has 1 aromatic carbocycles. The summed E-state index contributed by atoms with van der Waals surface area (Å²) in [5.74, 6) is 0.685. The fraction of sp³-hybridized carbons (Fsp3) is 0.267. The zero-order valence-electron chi connectivity index (χ0n) is 12.8. The van der Waals surface area contributed by atoms with Crippen molar-refractivity contribution in [2.24, 2.45) is 7.05 Å². The van der Waals surface area contributed by atoms with Crippen LogP contribution in [-0.2, 0) is 23.1 Å². The number of benzene rings is 1. The molecule has 0 saturated heterocycles. The molecule has 0 aliphatic carbocycles. The van der Waals surface area contributed by atoms with Crippen LogP contribution in [0.3, 0.4) is 0 Å². The van der Waals surface area contributed by atoms with E-state index < -0.39 is 0 Å². The average Bonchev–Trinajstić information content (AvgIpc) is 3.13. The van der Waals surface area contributed by atoms with Crippen molar-refractivity contribution in [2.45, 2.75) is 6.54 Å². The predicted molar refractivity (Wildman–Crippen MR) is 86.2 cm³/mol. The number of nitrogens with zero attached hydrogens (tertiary/aromatic N) is 3. The molecule has 0 fully saturated rings. The fourth-order valence-corrected chi connectivity index (χ4v) is 2.31. The number of ether oxygens (including phenoxy) is 2. The zero-order valence-corrected chi connectivity index (χ0v) is 14.3. The maximum atomic E-state index is 6.09. The van der Waals surface area contributed by atoms with Crippen LogP contribution >= 0.6 is 12.4 Å². The lowest BCUT2D eigenvalue weighted by Gasteiger charge is -2.24. The molecule has 0 radical (unpaired) electrons. The Morgan fingerprint density at radius 3 is 2.74 bits per heavy atom. The van der Waals surface area contributed by atoms with Crippen molar-refractivity contribution in [1.29, 1.82) is 0 Å². The van der Waals surface area contributed by atoms with Gasteiger partial charge in [0.1, 0.15) is 25.2 Å². The van der Waals surface area contributed by atoms with Crippen LogP contribution in [0, 0.1) is 0 Å². The lowest BCUT2D eigenvalue weighted by atomic mass is 10.2. The summed E-state index contributed by atoms with van der Waals surface area (Å²) in [6.07, 6.45) is 7.71. The topological polar surface area (TPSA) is 56.5 Å². The second kappa shape index (κ2) is 8.55. The molecule has 0 saturated carbocycles. The van der Waals surface area contributed by atoms with E-state index in [2.05, 4.69) is 4.57 Å². The summed E-state index contributed by atoms with van der Waals surface area (Å²) < 4.78 is 14.8.